The zero-order chi connectivity index (χ0) is 8.53. The Hall–Kier alpha value is -0.120. The van der Waals surface area contributed by atoms with Crippen LogP contribution >= 0.6 is 0 Å². The highest BCUT2D eigenvalue weighted by Crippen LogP contribution is 1.97. The predicted molar refractivity (Wildman–Crippen MR) is 45.6 cm³/mol. The molecule has 0 saturated heterocycles. The van der Waals surface area contributed by atoms with Crippen LogP contribution in [0.25, 0.3) is 0 Å². The Balaban J connectivity index is 3.07. The van der Waals surface area contributed by atoms with E-state index in [4.69, 9.17) is 9.84 Å². The number of aliphatic hydroxyl groups excluding tert-OH is 1. The van der Waals surface area contributed by atoms with E-state index in [2.05, 4.69) is 12.2 Å². The number of rotatable bonds is 7. The minimum absolute atomic E-state index is 0.274. The van der Waals surface area contributed by atoms with E-state index in [1.807, 2.05) is 0 Å². The van der Waals surface area contributed by atoms with E-state index < -0.39 is 0 Å². The maximum atomic E-state index is 8.81. The Kier molecular flexibility index (Phi) is 7.89. The van der Waals surface area contributed by atoms with Crippen LogP contribution in [-0.2, 0) is 4.74 Å². The topological polar surface area (TPSA) is 41.5 Å². The van der Waals surface area contributed by atoms with E-state index in [0.717, 1.165) is 26.1 Å². The van der Waals surface area contributed by atoms with Crippen molar-refractivity contribution >= 4 is 0 Å². The van der Waals surface area contributed by atoms with Gasteiger partial charge in [-0.1, -0.05) is 6.92 Å². The molecule has 3 nitrogen and oxygen atoms in total. The monoisotopic (exact) mass is 161 g/mol. The number of nitrogens with one attached hydrogen (secondary N) is 1. The second-order valence-corrected chi connectivity index (χ2v) is 2.65. The van der Waals surface area contributed by atoms with Gasteiger partial charge in [0.15, 0.2) is 0 Å². The maximum absolute atomic E-state index is 8.81. The second-order valence-electron chi connectivity index (χ2n) is 2.65. The molecular formula is C8H19NO2. The molecule has 0 heterocycles. The number of ether oxygens (including phenoxy) is 1. The van der Waals surface area contributed by atoms with E-state index in [1.165, 1.54) is 0 Å². The van der Waals surface area contributed by atoms with Crippen LogP contribution in [0.2, 0.25) is 0 Å². The Morgan fingerprint density at radius 1 is 1.55 bits per heavy atom. The van der Waals surface area contributed by atoms with Crippen molar-refractivity contribution in [2.75, 3.05) is 33.4 Å². The molecular weight excluding hydrogens is 142 g/mol. The molecule has 0 bridgehead atoms. The summed E-state index contributed by atoms with van der Waals surface area (Å²) in [5.74, 6) is 0.395. The average Bonchev–Trinajstić information content (AvgIpc) is 2.05. The highest BCUT2D eigenvalue weighted by atomic mass is 16.5. The average molecular weight is 161 g/mol. The quantitative estimate of drug-likeness (QED) is 0.526. The summed E-state index contributed by atoms with van der Waals surface area (Å²) in [6, 6.07) is 0. The van der Waals surface area contributed by atoms with Gasteiger partial charge in [0.1, 0.15) is 0 Å². The van der Waals surface area contributed by atoms with Crippen LogP contribution in [0.4, 0.5) is 0 Å². The lowest BCUT2D eigenvalue weighted by atomic mass is 10.1. The van der Waals surface area contributed by atoms with Crippen LogP contribution < -0.4 is 5.32 Å². The van der Waals surface area contributed by atoms with E-state index in [-0.39, 0.29) is 6.61 Å². The zero-order valence-electron chi connectivity index (χ0n) is 7.47. The summed E-state index contributed by atoms with van der Waals surface area (Å²) >= 11 is 0. The smallest absolute Gasteiger partial charge is 0.0587 e. The Labute approximate surface area is 68.8 Å². The lowest BCUT2D eigenvalue weighted by molar-refractivity contribution is 0.188. The van der Waals surface area contributed by atoms with Crippen molar-refractivity contribution in [3.63, 3.8) is 0 Å². The lowest BCUT2D eigenvalue weighted by Crippen LogP contribution is -2.27. The van der Waals surface area contributed by atoms with Crippen molar-refractivity contribution in [2.45, 2.75) is 13.3 Å². The van der Waals surface area contributed by atoms with Crippen LogP contribution in [0.5, 0.6) is 0 Å². The minimum atomic E-state index is 0.274. The van der Waals surface area contributed by atoms with Crippen molar-refractivity contribution in [2.24, 2.45) is 5.92 Å². The third kappa shape index (κ3) is 6.28. The van der Waals surface area contributed by atoms with Gasteiger partial charge in [0, 0.05) is 26.8 Å². The van der Waals surface area contributed by atoms with Gasteiger partial charge in [0.25, 0.3) is 0 Å². The van der Waals surface area contributed by atoms with Crippen molar-refractivity contribution in [3.8, 4) is 0 Å². The Morgan fingerprint density at radius 3 is 2.73 bits per heavy atom. The molecule has 1 unspecified atom stereocenters. The predicted octanol–water partition coefficient (Wildman–Crippen LogP) is 0.241. The van der Waals surface area contributed by atoms with Crippen molar-refractivity contribution in [1.29, 1.82) is 0 Å². The summed E-state index contributed by atoms with van der Waals surface area (Å²) in [7, 11) is 1.69. The van der Waals surface area contributed by atoms with Crippen molar-refractivity contribution in [3.05, 3.63) is 0 Å². The first-order chi connectivity index (χ1) is 5.35. The molecule has 11 heavy (non-hydrogen) atoms. The van der Waals surface area contributed by atoms with Crippen LogP contribution in [0.1, 0.15) is 13.3 Å². The second kappa shape index (κ2) is 7.98. The van der Waals surface area contributed by atoms with Crippen LogP contribution in [0.15, 0.2) is 0 Å². The molecule has 0 aliphatic rings. The fourth-order valence-corrected chi connectivity index (χ4v) is 0.818. The Bertz CT molecular complexity index is 74.5. The molecule has 2 N–H and O–H groups in total. The molecule has 0 aliphatic heterocycles. The highest BCUT2D eigenvalue weighted by Gasteiger charge is 2.01. The molecule has 0 amide bonds. The molecule has 0 saturated carbocycles. The number of methoxy groups -OCH3 is 1. The van der Waals surface area contributed by atoms with Gasteiger partial charge in [-0.25, -0.2) is 0 Å². The van der Waals surface area contributed by atoms with E-state index in [9.17, 15) is 0 Å². The first-order valence-corrected chi connectivity index (χ1v) is 4.15. The molecule has 68 valence electrons. The summed E-state index contributed by atoms with van der Waals surface area (Å²) in [6.45, 7) is 4.85. The van der Waals surface area contributed by atoms with E-state index in [0.29, 0.717) is 5.92 Å². The van der Waals surface area contributed by atoms with Gasteiger partial charge in [-0.3, -0.25) is 0 Å². The lowest BCUT2D eigenvalue weighted by Gasteiger charge is -2.11. The first-order valence-electron chi connectivity index (χ1n) is 4.15. The molecule has 1 atom stereocenters. The number of aliphatic hydroxyl groups is 1. The van der Waals surface area contributed by atoms with Gasteiger partial charge in [-0.05, 0) is 12.3 Å². The van der Waals surface area contributed by atoms with E-state index >= 15 is 0 Å². The summed E-state index contributed by atoms with van der Waals surface area (Å²) in [5.41, 5.74) is 0. The molecule has 0 rings (SSSR count). The summed E-state index contributed by atoms with van der Waals surface area (Å²) in [4.78, 5) is 0. The third-order valence-electron chi connectivity index (χ3n) is 1.75. The first kappa shape index (κ1) is 10.9. The number of hydrogen-bond donors (Lipinski definition) is 2. The fourth-order valence-electron chi connectivity index (χ4n) is 0.818. The van der Waals surface area contributed by atoms with Crippen LogP contribution in [-0.4, -0.2) is 38.5 Å². The summed E-state index contributed by atoms with van der Waals surface area (Å²) in [5, 5.41) is 12.0. The van der Waals surface area contributed by atoms with Crippen molar-refractivity contribution < 1.29 is 9.84 Å². The summed E-state index contributed by atoms with van der Waals surface area (Å²) < 4.78 is 4.87. The summed E-state index contributed by atoms with van der Waals surface area (Å²) in [6.07, 6.45) is 1.02. The normalized spacial score (nSPS) is 13.4. The molecule has 0 fully saturated rings. The van der Waals surface area contributed by atoms with Crippen LogP contribution in [0, 0.1) is 5.92 Å². The molecule has 0 aromatic heterocycles. The molecule has 0 radical (unpaired) electrons. The van der Waals surface area contributed by atoms with Gasteiger partial charge >= 0.3 is 0 Å². The van der Waals surface area contributed by atoms with Gasteiger partial charge in [-0.2, -0.15) is 0 Å². The largest absolute Gasteiger partial charge is 0.396 e. The zero-order valence-corrected chi connectivity index (χ0v) is 7.47. The minimum Gasteiger partial charge on any atom is -0.396 e. The molecule has 3 heteroatoms. The molecule has 0 aromatic carbocycles. The maximum Gasteiger partial charge on any atom is 0.0587 e. The van der Waals surface area contributed by atoms with Crippen molar-refractivity contribution in [1.82, 2.24) is 5.32 Å². The van der Waals surface area contributed by atoms with Gasteiger partial charge in [-0.15, -0.1) is 0 Å². The Morgan fingerprint density at radius 2 is 2.27 bits per heavy atom. The standard InChI is InChI=1S/C8H19NO2/c1-3-8(7-10)6-9-4-5-11-2/h8-10H,3-7H2,1-2H3. The van der Waals surface area contributed by atoms with Crippen LogP contribution in [0.3, 0.4) is 0 Å². The van der Waals surface area contributed by atoms with Gasteiger partial charge in [0.2, 0.25) is 0 Å². The van der Waals surface area contributed by atoms with Gasteiger partial charge < -0.3 is 15.2 Å². The van der Waals surface area contributed by atoms with Gasteiger partial charge in [0.05, 0.1) is 6.61 Å². The third-order valence-corrected chi connectivity index (χ3v) is 1.75. The molecule has 0 aliphatic carbocycles. The molecule has 0 spiro atoms. The highest BCUT2D eigenvalue weighted by molar-refractivity contribution is 4.58. The van der Waals surface area contributed by atoms with E-state index in [1.54, 1.807) is 7.11 Å². The number of hydrogen-bond acceptors (Lipinski definition) is 3. The SMILES string of the molecule is CCC(CO)CNCCOC. The fraction of sp³-hybridized carbons (Fsp3) is 1.00. The molecule has 0 aromatic rings.